The van der Waals surface area contributed by atoms with Crippen molar-refractivity contribution < 1.29 is 28.2 Å². The van der Waals surface area contributed by atoms with E-state index in [0.29, 0.717) is 11.3 Å². The lowest BCUT2D eigenvalue weighted by Crippen LogP contribution is -2.20. The number of ether oxygens (including phenoxy) is 2. The summed E-state index contributed by atoms with van der Waals surface area (Å²) in [5, 5.41) is 6.20. The number of carbonyl (C=O) groups is 3. The Morgan fingerprint density at radius 3 is 2.41 bits per heavy atom. The number of rotatable bonds is 9. The molecule has 0 saturated carbocycles. The second-order valence-electron chi connectivity index (χ2n) is 5.76. The zero-order chi connectivity index (χ0) is 21.1. The van der Waals surface area contributed by atoms with Crippen molar-refractivity contribution in [1.29, 1.82) is 0 Å². The second-order valence-corrected chi connectivity index (χ2v) is 5.76. The van der Waals surface area contributed by atoms with Gasteiger partial charge in [0.15, 0.2) is 6.61 Å². The molecule has 2 amide bonds. The average molecular weight is 401 g/mol. The maximum Gasteiger partial charge on any atom is 0.343 e. The first kappa shape index (κ1) is 21.5. The third-order valence-electron chi connectivity index (χ3n) is 3.59. The molecule has 2 aromatic rings. The molecule has 9 heteroatoms. The summed E-state index contributed by atoms with van der Waals surface area (Å²) in [5.41, 5.74) is 3.06. The molecule has 2 rings (SSSR count). The van der Waals surface area contributed by atoms with Gasteiger partial charge in [-0.15, -0.1) is 0 Å². The van der Waals surface area contributed by atoms with Gasteiger partial charge in [0.1, 0.15) is 11.6 Å². The highest BCUT2D eigenvalue weighted by atomic mass is 19.1. The van der Waals surface area contributed by atoms with Gasteiger partial charge in [-0.05, 0) is 42.0 Å². The molecule has 0 atom stereocenters. The fraction of sp³-hybridized carbons (Fsp3) is 0.200. The number of hydrogen-bond donors (Lipinski definition) is 2. The molecule has 0 spiro atoms. The standard InChI is InChI=1S/C20H20FN3O5/c1-28-20(27)13-29-15-8-6-14(7-9-15)12-22-24-19(26)11-10-18(25)23-17-5-3-2-4-16(17)21/h2-9,12H,10-11,13H2,1H3,(H,23,25)(H,24,26). The van der Waals surface area contributed by atoms with Gasteiger partial charge in [-0.25, -0.2) is 14.6 Å². The number of para-hydroxylation sites is 1. The van der Waals surface area contributed by atoms with E-state index in [4.69, 9.17) is 4.74 Å². The lowest BCUT2D eigenvalue weighted by atomic mass is 10.2. The van der Waals surface area contributed by atoms with Crippen molar-refractivity contribution in [2.45, 2.75) is 12.8 Å². The van der Waals surface area contributed by atoms with E-state index < -0.39 is 23.6 Å². The molecule has 0 aliphatic heterocycles. The zero-order valence-corrected chi connectivity index (χ0v) is 15.7. The topological polar surface area (TPSA) is 106 Å². The Kier molecular flexibility index (Phi) is 8.30. The van der Waals surface area contributed by atoms with Crippen molar-refractivity contribution in [2.75, 3.05) is 19.0 Å². The van der Waals surface area contributed by atoms with E-state index in [1.165, 1.54) is 31.5 Å². The smallest absolute Gasteiger partial charge is 0.343 e. The van der Waals surface area contributed by atoms with E-state index >= 15 is 0 Å². The van der Waals surface area contributed by atoms with Crippen LogP contribution in [0.1, 0.15) is 18.4 Å². The van der Waals surface area contributed by atoms with Gasteiger partial charge in [0, 0.05) is 12.8 Å². The Hall–Kier alpha value is -3.75. The Bertz CT molecular complexity index is 884. The minimum Gasteiger partial charge on any atom is -0.482 e. The van der Waals surface area contributed by atoms with E-state index in [-0.39, 0.29) is 25.1 Å². The van der Waals surface area contributed by atoms with Crippen LogP contribution in [0.15, 0.2) is 53.6 Å². The lowest BCUT2D eigenvalue weighted by Gasteiger charge is -2.05. The summed E-state index contributed by atoms with van der Waals surface area (Å²) < 4.78 is 23.1. The Morgan fingerprint density at radius 1 is 1.03 bits per heavy atom. The number of amides is 2. The van der Waals surface area contributed by atoms with Gasteiger partial charge in [-0.1, -0.05) is 12.1 Å². The fourth-order valence-electron chi connectivity index (χ4n) is 2.09. The molecule has 2 aromatic carbocycles. The van der Waals surface area contributed by atoms with Crippen molar-refractivity contribution in [2.24, 2.45) is 5.10 Å². The number of benzene rings is 2. The van der Waals surface area contributed by atoms with Crippen molar-refractivity contribution in [3.8, 4) is 5.75 Å². The molecule has 0 aliphatic rings. The van der Waals surface area contributed by atoms with Gasteiger partial charge in [0.2, 0.25) is 11.8 Å². The van der Waals surface area contributed by atoms with Crippen molar-refractivity contribution >= 4 is 29.7 Å². The monoisotopic (exact) mass is 401 g/mol. The maximum atomic E-state index is 13.5. The van der Waals surface area contributed by atoms with Gasteiger partial charge >= 0.3 is 5.97 Å². The quantitative estimate of drug-likeness (QED) is 0.381. The molecular weight excluding hydrogens is 381 g/mol. The summed E-state index contributed by atoms with van der Waals surface area (Å²) in [5.74, 6) is -1.48. The number of nitrogens with zero attached hydrogens (tertiary/aromatic N) is 1. The SMILES string of the molecule is COC(=O)COc1ccc(C=NNC(=O)CCC(=O)Nc2ccccc2F)cc1. The summed E-state index contributed by atoms with van der Waals surface area (Å²) in [6.45, 7) is -0.190. The summed E-state index contributed by atoms with van der Waals surface area (Å²) >= 11 is 0. The van der Waals surface area contributed by atoms with Crippen LogP contribution in [0.5, 0.6) is 5.75 Å². The largest absolute Gasteiger partial charge is 0.482 e. The molecule has 29 heavy (non-hydrogen) atoms. The average Bonchev–Trinajstić information content (AvgIpc) is 2.73. The number of carbonyl (C=O) groups excluding carboxylic acids is 3. The van der Waals surface area contributed by atoms with Crippen molar-refractivity contribution in [3.63, 3.8) is 0 Å². The van der Waals surface area contributed by atoms with E-state index in [9.17, 15) is 18.8 Å². The highest BCUT2D eigenvalue weighted by molar-refractivity contribution is 5.93. The van der Waals surface area contributed by atoms with Crippen LogP contribution in [-0.2, 0) is 19.1 Å². The number of methoxy groups -OCH3 is 1. The van der Waals surface area contributed by atoms with Crippen LogP contribution >= 0.6 is 0 Å². The van der Waals surface area contributed by atoms with Gasteiger partial charge in [-0.2, -0.15) is 5.10 Å². The number of nitrogens with one attached hydrogen (secondary N) is 2. The Labute approximate surface area is 166 Å². The minimum absolute atomic E-state index is 0.0648. The molecule has 152 valence electrons. The normalized spacial score (nSPS) is 10.4. The molecule has 0 radical (unpaired) electrons. The van der Waals surface area contributed by atoms with E-state index in [0.717, 1.165) is 0 Å². The van der Waals surface area contributed by atoms with Crippen LogP contribution < -0.4 is 15.5 Å². The van der Waals surface area contributed by atoms with Gasteiger partial charge < -0.3 is 14.8 Å². The predicted molar refractivity (Wildman–Crippen MR) is 104 cm³/mol. The molecule has 0 saturated heterocycles. The highest BCUT2D eigenvalue weighted by Gasteiger charge is 2.09. The third-order valence-corrected chi connectivity index (χ3v) is 3.59. The Balaban J connectivity index is 1.71. The van der Waals surface area contributed by atoms with Crippen LogP contribution in [0.3, 0.4) is 0 Å². The highest BCUT2D eigenvalue weighted by Crippen LogP contribution is 2.13. The van der Waals surface area contributed by atoms with Crippen molar-refractivity contribution in [3.05, 3.63) is 59.9 Å². The fourth-order valence-corrected chi connectivity index (χ4v) is 2.09. The predicted octanol–water partition coefficient (Wildman–Crippen LogP) is 2.25. The molecule has 8 nitrogen and oxygen atoms in total. The lowest BCUT2D eigenvalue weighted by molar-refractivity contribution is -0.142. The zero-order valence-electron chi connectivity index (χ0n) is 15.7. The molecule has 0 aromatic heterocycles. The molecule has 0 bridgehead atoms. The summed E-state index contributed by atoms with van der Waals surface area (Å²) in [6.07, 6.45) is 1.21. The van der Waals surface area contributed by atoms with Crippen LogP contribution in [0.4, 0.5) is 10.1 Å². The third kappa shape index (κ3) is 7.79. The summed E-state index contributed by atoms with van der Waals surface area (Å²) in [6, 6.07) is 12.4. The molecule has 0 heterocycles. The van der Waals surface area contributed by atoms with E-state index in [1.807, 2.05) is 0 Å². The maximum absolute atomic E-state index is 13.5. The second kappa shape index (κ2) is 11.2. The summed E-state index contributed by atoms with van der Waals surface area (Å²) in [7, 11) is 1.27. The number of anilines is 1. The minimum atomic E-state index is -0.545. The molecule has 0 unspecified atom stereocenters. The first-order chi connectivity index (χ1) is 14.0. The molecule has 0 fully saturated rings. The molecule has 0 aliphatic carbocycles. The summed E-state index contributed by atoms with van der Waals surface area (Å²) in [4.78, 5) is 34.5. The number of hydrazone groups is 1. The molecule has 2 N–H and O–H groups in total. The van der Waals surface area contributed by atoms with Gasteiger partial charge in [0.05, 0.1) is 19.0 Å². The van der Waals surface area contributed by atoms with E-state index in [1.54, 1.807) is 30.3 Å². The number of hydrogen-bond acceptors (Lipinski definition) is 6. The Morgan fingerprint density at radius 2 is 1.72 bits per heavy atom. The molecular formula is C20H20FN3O5. The first-order valence-electron chi connectivity index (χ1n) is 8.64. The van der Waals surface area contributed by atoms with Crippen LogP contribution in [0.2, 0.25) is 0 Å². The van der Waals surface area contributed by atoms with Crippen molar-refractivity contribution in [1.82, 2.24) is 5.43 Å². The number of halogens is 1. The van der Waals surface area contributed by atoms with Crippen LogP contribution in [0, 0.1) is 5.82 Å². The van der Waals surface area contributed by atoms with Gasteiger partial charge in [-0.3, -0.25) is 9.59 Å². The first-order valence-corrected chi connectivity index (χ1v) is 8.64. The van der Waals surface area contributed by atoms with Gasteiger partial charge in [0.25, 0.3) is 0 Å². The van der Waals surface area contributed by atoms with Crippen LogP contribution in [0.25, 0.3) is 0 Å². The number of esters is 1. The van der Waals surface area contributed by atoms with E-state index in [2.05, 4.69) is 20.6 Å². The van der Waals surface area contributed by atoms with Crippen LogP contribution in [-0.4, -0.2) is 37.7 Å².